The average Bonchev–Trinajstić information content (AvgIpc) is 2.58. The van der Waals surface area contributed by atoms with Crippen LogP contribution in [0.15, 0.2) is 10.5 Å². The van der Waals surface area contributed by atoms with E-state index in [1.165, 1.54) is 0 Å². The quantitative estimate of drug-likeness (QED) is 0.921. The lowest BCUT2D eigenvalue weighted by Gasteiger charge is -2.16. The Morgan fingerprint density at radius 2 is 2.16 bits per heavy atom. The molecular weight excluding hydrogens is 312 g/mol. The van der Waals surface area contributed by atoms with Crippen LogP contribution >= 0.6 is 15.9 Å². The fourth-order valence-electron chi connectivity index (χ4n) is 2.19. The number of carboxylic acid groups (broad SMARTS) is 1. The number of ether oxygens (including phenoxy) is 2. The maximum atomic E-state index is 10.6. The molecule has 0 aromatic heterocycles. The molecule has 1 aromatic rings. The molecule has 0 unspecified atom stereocenters. The van der Waals surface area contributed by atoms with Gasteiger partial charge in [0.15, 0.2) is 11.5 Å². The molecule has 0 fully saturated rings. The summed E-state index contributed by atoms with van der Waals surface area (Å²) in [6, 6.07) is 1.92. The molecule has 0 spiro atoms. The van der Waals surface area contributed by atoms with Crippen LogP contribution in [0, 0.1) is 6.92 Å². The first-order chi connectivity index (χ1) is 9.09. The van der Waals surface area contributed by atoms with E-state index in [4.69, 9.17) is 14.6 Å². The second-order valence-electron chi connectivity index (χ2n) is 4.59. The Labute approximate surface area is 120 Å². The van der Waals surface area contributed by atoms with Gasteiger partial charge in [0, 0.05) is 17.3 Å². The summed E-state index contributed by atoms with van der Waals surface area (Å²) in [5.41, 5.74) is 2.14. The van der Waals surface area contributed by atoms with Gasteiger partial charge in [0.1, 0.15) is 0 Å². The van der Waals surface area contributed by atoms with Crippen molar-refractivity contribution in [2.75, 3.05) is 13.2 Å². The number of aliphatic carboxylic acids is 1. The van der Waals surface area contributed by atoms with E-state index in [-0.39, 0.29) is 6.42 Å². The van der Waals surface area contributed by atoms with Crippen LogP contribution in [0.25, 0.3) is 0 Å². The van der Waals surface area contributed by atoms with Gasteiger partial charge < -0.3 is 14.6 Å². The van der Waals surface area contributed by atoms with Gasteiger partial charge in [-0.15, -0.1) is 0 Å². The molecule has 2 rings (SSSR count). The number of halogens is 1. The lowest BCUT2D eigenvalue weighted by atomic mass is 10.0. The number of carboxylic acids is 1. The molecule has 5 heteroatoms. The third-order valence-corrected chi connectivity index (χ3v) is 3.88. The summed E-state index contributed by atoms with van der Waals surface area (Å²) in [6.07, 6.45) is 2.39. The van der Waals surface area contributed by atoms with E-state index in [1.807, 2.05) is 13.0 Å². The molecule has 1 aliphatic heterocycles. The topological polar surface area (TPSA) is 55.8 Å². The first-order valence-corrected chi connectivity index (χ1v) is 7.18. The summed E-state index contributed by atoms with van der Waals surface area (Å²) in [4.78, 5) is 10.6. The second kappa shape index (κ2) is 6.28. The Hall–Kier alpha value is -1.23. The van der Waals surface area contributed by atoms with Crippen LogP contribution in [0.4, 0.5) is 0 Å². The number of carbonyl (C=O) groups is 1. The highest BCUT2D eigenvalue weighted by Gasteiger charge is 2.18. The van der Waals surface area contributed by atoms with E-state index in [1.54, 1.807) is 0 Å². The van der Waals surface area contributed by atoms with Crippen LogP contribution in [0.1, 0.15) is 30.4 Å². The highest BCUT2D eigenvalue weighted by molar-refractivity contribution is 9.10. The fraction of sp³-hybridized carbons (Fsp3) is 0.500. The van der Waals surface area contributed by atoms with E-state index >= 15 is 0 Å². The van der Waals surface area contributed by atoms with Gasteiger partial charge in [0.05, 0.1) is 13.2 Å². The Morgan fingerprint density at radius 3 is 2.89 bits per heavy atom. The maximum Gasteiger partial charge on any atom is 0.303 e. The SMILES string of the molecule is Cc1c(CCCC(=O)O)c(Br)cc2c1OCCCO2. The van der Waals surface area contributed by atoms with E-state index in [0.29, 0.717) is 19.6 Å². The smallest absolute Gasteiger partial charge is 0.303 e. The molecule has 0 atom stereocenters. The molecule has 1 heterocycles. The summed E-state index contributed by atoms with van der Waals surface area (Å²) < 4.78 is 12.4. The maximum absolute atomic E-state index is 10.6. The van der Waals surface area contributed by atoms with Gasteiger partial charge in [-0.05, 0) is 37.0 Å². The van der Waals surface area contributed by atoms with Crippen molar-refractivity contribution in [3.63, 3.8) is 0 Å². The molecule has 19 heavy (non-hydrogen) atoms. The van der Waals surface area contributed by atoms with Crippen LogP contribution in [-0.4, -0.2) is 24.3 Å². The molecule has 0 radical (unpaired) electrons. The van der Waals surface area contributed by atoms with Crippen LogP contribution in [0.5, 0.6) is 11.5 Å². The fourth-order valence-corrected chi connectivity index (χ4v) is 2.90. The Bertz CT molecular complexity index is 485. The zero-order valence-electron chi connectivity index (χ0n) is 10.9. The van der Waals surface area contributed by atoms with Crippen LogP contribution in [0.3, 0.4) is 0 Å². The first-order valence-electron chi connectivity index (χ1n) is 6.39. The molecule has 0 amide bonds. The highest BCUT2D eigenvalue weighted by atomic mass is 79.9. The standard InChI is InChI=1S/C14H17BrO4/c1-9-10(4-2-5-13(16)17)11(15)8-12-14(9)19-7-3-6-18-12/h8H,2-7H2,1H3,(H,16,17). The lowest BCUT2D eigenvalue weighted by molar-refractivity contribution is -0.137. The van der Waals surface area contributed by atoms with Crippen molar-refractivity contribution in [3.05, 3.63) is 21.7 Å². The van der Waals surface area contributed by atoms with E-state index < -0.39 is 5.97 Å². The van der Waals surface area contributed by atoms with Crippen molar-refractivity contribution in [2.24, 2.45) is 0 Å². The van der Waals surface area contributed by atoms with Crippen molar-refractivity contribution >= 4 is 21.9 Å². The molecule has 0 saturated carbocycles. The van der Waals surface area contributed by atoms with Gasteiger partial charge in [-0.2, -0.15) is 0 Å². The van der Waals surface area contributed by atoms with Crippen LogP contribution in [-0.2, 0) is 11.2 Å². The monoisotopic (exact) mass is 328 g/mol. The Kier molecular flexibility index (Phi) is 4.69. The van der Waals surface area contributed by atoms with Gasteiger partial charge >= 0.3 is 5.97 Å². The molecule has 0 saturated heterocycles. The highest BCUT2D eigenvalue weighted by Crippen LogP contribution is 2.39. The number of rotatable bonds is 4. The summed E-state index contributed by atoms with van der Waals surface area (Å²) in [5.74, 6) is 0.804. The number of hydrogen-bond acceptors (Lipinski definition) is 3. The van der Waals surface area contributed by atoms with Gasteiger partial charge in [-0.25, -0.2) is 0 Å². The van der Waals surface area contributed by atoms with Gasteiger partial charge in [-0.1, -0.05) is 15.9 Å². The molecule has 0 bridgehead atoms. The largest absolute Gasteiger partial charge is 0.490 e. The number of fused-ring (bicyclic) bond motifs is 1. The Morgan fingerprint density at radius 1 is 1.42 bits per heavy atom. The van der Waals surface area contributed by atoms with Crippen molar-refractivity contribution in [1.82, 2.24) is 0 Å². The van der Waals surface area contributed by atoms with E-state index in [0.717, 1.165) is 39.9 Å². The average molecular weight is 329 g/mol. The van der Waals surface area contributed by atoms with Crippen LogP contribution in [0.2, 0.25) is 0 Å². The summed E-state index contributed by atoms with van der Waals surface area (Å²) in [7, 11) is 0. The van der Waals surface area contributed by atoms with E-state index in [2.05, 4.69) is 15.9 Å². The summed E-state index contributed by atoms with van der Waals surface area (Å²) >= 11 is 3.54. The van der Waals surface area contributed by atoms with Crippen molar-refractivity contribution in [1.29, 1.82) is 0 Å². The zero-order valence-corrected chi connectivity index (χ0v) is 12.5. The number of hydrogen-bond donors (Lipinski definition) is 1. The molecule has 4 nitrogen and oxygen atoms in total. The molecule has 1 N–H and O–H groups in total. The molecule has 0 aliphatic carbocycles. The molecule has 1 aromatic carbocycles. The minimum Gasteiger partial charge on any atom is -0.490 e. The second-order valence-corrected chi connectivity index (χ2v) is 5.44. The van der Waals surface area contributed by atoms with Crippen LogP contribution < -0.4 is 9.47 Å². The molecular formula is C14H17BrO4. The predicted molar refractivity (Wildman–Crippen MR) is 75.1 cm³/mol. The van der Waals surface area contributed by atoms with Gasteiger partial charge in [0.2, 0.25) is 0 Å². The van der Waals surface area contributed by atoms with Gasteiger partial charge in [-0.3, -0.25) is 4.79 Å². The molecule has 104 valence electrons. The van der Waals surface area contributed by atoms with Crippen molar-refractivity contribution in [2.45, 2.75) is 32.6 Å². The third-order valence-electron chi connectivity index (χ3n) is 3.17. The Balaban J connectivity index is 2.23. The van der Waals surface area contributed by atoms with E-state index in [9.17, 15) is 4.79 Å². The van der Waals surface area contributed by atoms with Gasteiger partial charge in [0.25, 0.3) is 0 Å². The predicted octanol–water partition coefficient (Wildman–Crippen LogP) is 3.33. The summed E-state index contributed by atoms with van der Waals surface area (Å²) in [5, 5.41) is 8.70. The minimum atomic E-state index is -0.761. The van der Waals surface area contributed by atoms with Crippen molar-refractivity contribution < 1.29 is 19.4 Å². The number of benzene rings is 1. The minimum absolute atomic E-state index is 0.181. The summed E-state index contributed by atoms with van der Waals surface area (Å²) in [6.45, 7) is 3.32. The molecule has 1 aliphatic rings. The lowest BCUT2D eigenvalue weighted by Crippen LogP contribution is -2.01. The normalized spacial score (nSPS) is 14.0. The van der Waals surface area contributed by atoms with Crippen molar-refractivity contribution in [3.8, 4) is 11.5 Å². The third kappa shape index (κ3) is 3.41. The zero-order chi connectivity index (χ0) is 13.8. The first kappa shape index (κ1) is 14.2.